The van der Waals surface area contributed by atoms with Crippen molar-refractivity contribution in [3.05, 3.63) is 29.6 Å². The molecule has 1 saturated carbocycles. The first-order valence-corrected chi connectivity index (χ1v) is 6.42. The summed E-state index contributed by atoms with van der Waals surface area (Å²) < 4.78 is 18.7. The number of carbonyl (C=O) groups is 1. The van der Waals surface area contributed by atoms with Gasteiger partial charge in [-0.05, 0) is 38.8 Å². The van der Waals surface area contributed by atoms with Crippen molar-refractivity contribution in [3.63, 3.8) is 0 Å². The zero-order valence-electron chi connectivity index (χ0n) is 11.0. The highest BCUT2D eigenvalue weighted by molar-refractivity contribution is 5.81. The summed E-state index contributed by atoms with van der Waals surface area (Å²) in [6.45, 7) is 3.17. The lowest BCUT2D eigenvalue weighted by molar-refractivity contribution is -0.127. The Bertz CT molecular complexity index is 472. The third-order valence-corrected chi connectivity index (χ3v) is 3.02. The van der Waals surface area contributed by atoms with Gasteiger partial charge in [0.25, 0.3) is 5.91 Å². The van der Waals surface area contributed by atoms with Gasteiger partial charge in [0.15, 0.2) is 6.10 Å². The van der Waals surface area contributed by atoms with E-state index >= 15 is 0 Å². The van der Waals surface area contributed by atoms with E-state index in [1.165, 1.54) is 18.2 Å². The minimum atomic E-state index is -0.783. The summed E-state index contributed by atoms with van der Waals surface area (Å²) in [5.41, 5.74) is 0.465. The predicted octanol–water partition coefficient (Wildman–Crippen LogP) is 1.92. The van der Waals surface area contributed by atoms with E-state index in [1.54, 1.807) is 13.8 Å². The van der Waals surface area contributed by atoms with Crippen molar-refractivity contribution >= 4 is 5.91 Å². The Morgan fingerprint density at radius 2 is 2.16 bits per heavy atom. The van der Waals surface area contributed by atoms with Crippen LogP contribution in [0.2, 0.25) is 0 Å². The van der Waals surface area contributed by atoms with Gasteiger partial charge in [-0.2, -0.15) is 0 Å². The van der Waals surface area contributed by atoms with Crippen LogP contribution in [-0.2, 0) is 4.79 Å². The minimum Gasteiger partial charge on any atom is -0.480 e. The van der Waals surface area contributed by atoms with E-state index in [4.69, 9.17) is 4.74 Å². The topological polar surface area (TPSA) is 58.6 Å². The summed E-state index contributed by atoms with van der Waals surface area (Å²) in [7, 11) is 0. The third kappa shape index (κ3) is 3.67. The zero-order valence-corrected chi connectivity index (χ0v) is 11.0. The average molecular weight is 267 g/mol. The summed E-state index contributed by atoms with van der Waals surface area (Å²) in [5.74, 6) is -0.481. The number of ether oxygens (including phenoxy) is 1. The second kappa shape index (κ2) is 5.57. The van der Waals surface area contributed by atoms with Gasteiger partial charge in [-0.25, -0.2) is 4.39 Å². The first-order valence-electron chi connectivity index (χ1n) is 6.42. The molecular weight excluding hydrogens is 249 g/mol. The number of carbonyl (C=O) groups excluding carboxylic acids is 1. The van der Waals surface area contributed by atoms with Gasteiger partial charge >= 0.3 is 0 Å². The van der Waals surface area contributed by atoms with Crippen LogP contribution >= 0.6 is 0 Å². The highest BCUT2D eigenvalue weighted by atomic mass is 19.1. The molecule has 5 heteroatoms. The Morgan fingerprint density at radius 3 is 2.74 bits per heavy atom. The molecule has 1 amide bonds. The summed E-state index contributed by atoms with van der Waals surface area (Å²) in [5, 5.41) is 12.4. The van der Waals surface area contributed by atoms with Gasteiger partial charge in [-0.3, -0.25) is 4.79 Å². The van der Waals surface area contributed by atoms with Crippen molar-refractivity contribution in [2.45, 2.75) is 44.9 Å². The molecule has 0 aliphatic heterocycles. The van der Waals surface area contributed by atoms with Crippen LogP contribution in [0, 0.1) is 5.82 Å². The normalized spacial score (nSPS) is 17.7. The monoisotopic (exact) mass is 267 g/mol. The highest BCUT2D eigenvalue weighted by Gasteiger charge is 2.26. The smallest absolute Gasteiger partial charge is 0.260 e. The summed E-state index contributed by atoms with van der Waals surface area (Å²) in [6.07, 6.45) is 0.489. The lowest BCUT2D eigenvalue weighted by atomic mass is 10.1. The van der Waals surface area contributed by atoms with Crippen LogP contribution in [0.3, 0.4) is 0 Å². The van der Waals surface area contributed by atoms with Crippen molar-refractivity contribution in [1.82, 2.24) is 5.32 Å². The Balaban J connectivity index is 2.07. The predicted molar refractivity (Wildman–Crippen MR) is 68.3 cm³/mol. The number of hydrogen-bond acceptors (Lipinski definition) is 3. The fraction of sp³-hybridized carbons (Fsp3) is 0.500. The SMILES string of the molecule is CC(Oc1cc(F)ccc1[C@@H](C)O)C(=O)NC1CC1. The molecule has 0 saturated heterocycles. The van der Waals surface area contributed by atoms with Gasteiger partial charge < -0.3 is 15.2 Å². The van der Waals surface area contributed by atoms with Gasteiger partial charge in [0.2, 0.25) is 0 Å². The van der Waals surface area contributed by atoms with Gasteiger partial charge in [-0.15, -0.1) is 0 Å². The maximum absolute atomic E-state index is 13.2. The van der Waals surface area contributed by atoms with E-state index in [9.17, 15) is 14.3 Å². The molecule has 2 N–H and O–H groups in total. The van der Waals surface area contributed by atoms with E-state index in [1.807, 2.05) is 0 Å². The molecule has 1 fully saturated rings. The number of halogens is 1. The van der Waals surface area contributed by atoms with Gasteiger partial charge in [-0.1, -0.05) is 0 Å². The molecule has 1 aliphatic rings. The zero-order chi connectivity index (χ0) is 14.0. The van der Waals surface area contributed by atoms with Crippen LogP contribution in [0.5, 0.6) is 5.75 Å². The standard InChI is InChI=1S/C14H18FNO3/c1-8(17)12-6-3-10(15)7-13(12)19-9(2)14(18)16-11-4-5-11/h3,6-9,11,17H,4-5H2,1-2H3,(H,16,18)/t8-,9?/m1/s1. The van der Waals surface area contributed by atoms with Crippen molar-refractivity contribution in [2.75, 3.05) is 0 Å². The number of nitrogens with one attached hydrogen (secondary N) is 1. The maximum Gasteiger partial charge on any atom is 0.260 e. The molecule has 0 aromatic heterocycles. The molecule has 1 aromatic rings. The van der Waals surface area contributed by atoms with Crippen LogP contribution in [0.15, 0.2) is 18.2 Å². The molecule has 2 atom stereocenters. The summed E-state index contributed by atoms with van der Waals surface area (Å²) >= 11 is 0. The number of rotatable bonds is 5. The molecule has 0 heterocycles. The Kier molecular flexibility index (Phi) is 4.04. The molecule has 0 bridgehead atoms. The van der Waals surface area contributed by atoms with Gasteiger partial charge in [0.1, 0.15) is 11.6 Å². The largest absolute Gasteiger partial charge is 0.480 e. The second-order valence-electron chi connectivity index (χ2n) is 4.90. The molecule has 0 spiro atoms. The molecule has 19 heavy (non-hydrogen) atoms. The lowest BCUT2D eigenvalue weighted by Crippen LogP contribution is -2.37. The maximum atomic E-state index is 13.2. The van der Waals surface area contributed by atoms with Crippen LogP contribution in [0.1, 0.15) is 38.4 Å². The first kappa shape index (κ1) is 13.8. The molecular formula is C14H18FNO3. The number of benzene rings is 1. The fourth-order valence-corrected chi connectivity index (χ4v) is 1.75. The van der Waals surface area contributed by atoms with Crippen molar-refractivity contribution in [2.24, 2.45) is 0 Å². The lowest BCUT2D eigenvalue weighted by Gasteiger charge is -2.18. The molecule has 1 unspecified atom stereocenters. The van der Waals surface area contributed by atoms with Crippen LogP contribution in [-0.4, -0.2) is 23.2 Å². The van der Waals surface area contributed by atoms with Crippen molar-refractivity contribution < 1.29 is 19.0 Å². The van der Waals surface area contributed by atoms with Gasteiger partial charge in [0.05, 0.1) is 6.10 Å². The van der Waals surface area contributed by atoms with Crippen molar-refractivity contribution in [3.8, 4) is 5.75 Å². The van der Waals surface area contributed by atoms with Gasteiger partial charge in [0, 0.05) is 17.7 Å². The molecule has 4 nitrogen and oxygen atoms in total. The second-order valence-corrected chi connectivity index (χ2v) is 4.90. The Hall–Kier alpha value is -1.62. The summed E-state index contributed by atoms with van der Waals surface area (Å²) in [6, 6.07) is 4.15. The summed E-state index contributed by atoms with van der Waals surface area (Å²) in [4.78, 5) is 11.8. The highest BCUT2D eigenvalue weighted by Crippen LogP contribution is 2.27. The van der Waals surface area contributed by atoms with E-state index in [-0.39, 0.29) is 17.7 Å². The van der Waals surface area contributed by atoms with Crippen molar-refractivity contribution in [1.29, 1.82) is 0 Å². The molecule has 104 valence electrons. The molecule has 1 aromatic carbocycles. The van der Waals surface area contributed by atoms with Crippen LogP contribution < -0.4 is 10.1 Å². The van der Waals surface area contributed by atoms with E-state index in [0.717, 1.165) is 12.8 Å². The third-order valence-electron chi connectivity index (χ3n) is 3.02. The van der Waals surface area contributed by atoms with E-state index in [0.29, 0.717) is 5.56 Å². The average Bonchev–Trinajstić information content (AvgIpc) is 3.12. The molecule has 2 rings (SSSR count). The van der Waals surface area contributed by atoms with E-state index in [2.05, 4.69) is 5.32 Å². The molecule has 0 radical (unpaired) electrons. The van der Waals surface area contributed by atoms with E-state index < -0.39 is 18.0 Å². The quantitative estimate of drug-likeness (QED) is 0.857. The Labute approximate surface area is 111 Å². The number of aliphatic hydroxyl groups excluding tert-OH is 1. The molecule has 1 aliphatic carbocycles. The fourth-order valence-electron chi connectivity index (χ4n) is 1.75. The number of hydrogen-bond donors (Lipinski definition) is 2. The van der Waals surface area contributed by atoms with Crippen LogP contribution in [0.25, 0.3) is 0 Å². The first-order chi connectivity index (χ1) is 8.97. The van der Waals surface area contributed by atoms with Crippen LogP contribution in [0.4, 0.5) is 4.39 Å². The number of amides is 1. The Morgan fingerprint density at radius 1 is 1.47 bits per heavy atom. The minimum absolute atomic E-state index is 0.202. The number of aliphatic hydroxyl groups is 1.